The standard InChI is InChI=1S/C18H16F2N6O3S/c1-3-8-21-30(28,29)17-9-12(4-6-15(17)20)18(27)22-16-10-13(5-7-14(16)19)26-11(2)23-24-25-26/h3-7,9-10,21H,1,8H2,2H3,(H,22,27). The zero-order valence-corrected chi connectivity index (χ0v) is 16.4. The second-order valence-corrected chi connectivity index (χ2v) is 7.78. The topological polar surface area (TPSA) is 119 Å². The molecule has 0 atom stereocenters. The molecule has 9 nitrogen and oxygen atoms in total. The summed E-state index contributed by atoms with van der Waals surface area (Å²) < 4.78 is 56.1. The van der Waals surface area contributed by atoms with Crippen LogP contribution < -0.4 is 10.0 Å². The van der Waals surface area contributed by atoms with Crippen molar-refractivity contribution < 1.29 is 22.0 Å². The maximum absolute atomic E-state index is 14.2. The molecule has 0 bridgehead atoms. The summed E-state index contributed by atoms with van der Waals surface area (Å²) in [5.41, 5.74) is 0.0231. The Labute approximate surface area is 170 Å². The first-order valence-corrected chi connectivity index (χ1v) is 9.97. The Balaban J connectivity index is 1.91. The van der Waals surface area contributed by atoms with Gasteiger partial charge in [0.1, 0.15) is 16.5 Å². The number of anilines is 1. The molecule has 0 saturated carbocycles. The van der Waals surface area contributed by atoms with E-state index in [4.69, 9.17) is 0 Å². The lowest BCUT2D eigenvalue weighted by molar-refractivity contribution is 0.102. The summed E-state index contributed by atoms with van der Waals surface area (Å²) in [6.45, 7) is 4.90. The summed E-state index contributed by atoms with van der Waals surface area (Å²) in [5.74, 6) is -2.16. The predicted octanol–water partition coefficient (Wildman–Crippen LogP) is 1.97. The Hall–Kier alpha value is -3.51. The van der Waals surface area contributed by atoms with Gasteiger partial charge < -0.3 is 5.32 Å². The van der Waals surface area contributed by atoms with Gasteiger partial charge in [0.15, 0.2) is 5.82 Å². The monoisotopic (exact) mass is 434 g/mol. The Kier molecular flexibility index (Phi) is 5.99. The second kappa shape index (κ2) is 8.47. The van der Waals surface area contributed by atoms with Gasteiger partial charge in [-0.1, -0.05) is 6.08 Å². The van der Waals surface area contributed by atoms with Gasteiger partial charge in [0.2, 0.25) is 10.0 Å². The Bertz CT molecular complexity index is 1230. The van der Waals surface area contributed by atoms with Gasteiger partial charge in [-0.25, -0.2) is 21.9 Å². The number of tetrazole rings is 1. The fourth-order valence-corrected chi connectivity index (χ4v) is 3.60. The van der Waals surface area contributed by atoms with Gasteiger partial charge in [0.05, 0.1) is 11.4 Å². The second-order valence-electron chi connectivity index (χ2n) is 6.04. The van der Waals surface area contributed by atoms with Crippen molar-refractivity contribution in [3.63, 3.8) is 0 Å². The number of nitrogens with zero attached hydrogens (tertiary/aromatic N) is 4. The molecule has 1 heterocycles. The minimum Gasteiger partial charge on any atom is -0.319 e. The SMILES string of the molecule is C=CCNS(=O)(=O)c1cc(C(=O)Nc2cc(-n3nnnc3C)ccc2F)ccc1F. The molecule has 2 aromatic carbocycles. The third kappa shape index (κ3) is 4.39. The third-order valence-electron chi connectivity index (χ3n) is 3.97. The molecule has 1 aromatic heterocycles. The molecular weight excluding hydrogens is 418 g/mol. The van der Waals surface area contributed by atoms with E-state index in [0.29, 0.717) is 11.5 Å². The number of rotatable bonds is 7. The molecule has 2 N–H and O–H groups in total. The molecule has 30 heavy (non-hydrogen) atoms. The van der Waals surface area contributed by atoms with E-state index in [1.54, 1.807) is 6.92 Å². The van der Waals surface area contributed by atoms with Crippen molar-refractivity contribution >= 4 is 21.6 Å². The summed E-state index contributed by atoms with van der Waals surface area (Å²) >= 11 is 0. The van der Waals surface area contributed by atoms with Crippen LogP contribution in [0.25, 0.3) is 5.69 Å². The molecule has 3 aromatic rings. The number of sulfonamides is 1. The van der Waals surface area contributed by atoms with Crippen LogP contribution in [0.4, 0.5) is 14.5 Å². The number of carbonyl (C=O) groups excluding carboxylic acids is 1. The first-order chi connectivity index (χ1) is 14.2. The number of benzene rings is 2. The van der Waals surface area contributed by atoms with Crippen LogP contribution in [0.5, 0.6) is 0 Å². The fourth-order valence-electron chi connectivity index (χ4n) is 2.50. The van der Waals surface area contributed by atoms with Crippen molar-refractivity contribution in [3.8, 4) is 5.69 Å². The summed E-state index contributed by atoms with van der Waals surface area (Å²) in [7, 11) is -4.21. The largest absolute Gasteiger partial charge is 0.319 e. The number of aryl methyl sites for hydroxylation is 1. The highest BCUT2D eigenvalue weighted by Crippen LogP contribution is 2.21. The lowest BCUT2D eigenvalue weighted by Crippen LogP contribution is -2.25. The van der Waals surface area contributed by atoms with Gasteiger partial charge in [-0.15, -0.1) is 11.7 Å². The van der Waals surface area contributed by atoms with Gasteiger partial charge in [-0.3, -0.25) is 4.79 Å². The van der Waals surface area contributed by atoms with Crippen molar-refractivity contribution in [2.75, 3.05) is 11.9 Å². The molecular formula is C18H16F2N6O3S. The maximum atomic E-state index is 14.2. The first-order valence-electron chi connectivity index (χ1n) is 8.49. The average molecular weight is 434 g/mol. The zero-order valence-electron chi connectivity index (χ0n) is 15.6. The van der Waals surface area contributed by atoms with E-state index in [1.807, 2.05) is 0 Å². The van der Waals surface area contributed by atoms with Crippen LogP contribution in [0.2, 0.25) is 0 Å². The van der Waals surface area contributed by atoms with Gasteiger partial charge >= 0.3 is 0 Å². The molecule has 0 aliphatic carbocycles. The molecule has 0 aliphatic heterocycles. The lowest BCUT2D eigenvalue weighted by Gasteiger charge is -2.11. The predicted molar refractivity (Wildman–Crippen MR) is 104 cm³/mol. The molecule has 0 aliphatic rings. The quantitative estimate of drug-likeness (QED) is 0.549. The van der Waals surface area contributed by atoms with Crippen LogP contribution in [-0.2, 0) is 10.0 Å². The van der Waals surface area contributed by atoms with Crippen LogP contribution in [0, 0.1) is 18.6 Å². The molecule has 1 amide bonds. The molecule has 12 heteroatoms. The van der Waals surface area contributed by atoms with Crippen LogP contribution in [0.1, 0.15) is 16.2 Å². The number of halogens is 2. The molecule has 0 saturated heterocycles. The highest BCUT2D eigenvalue weighted by atomic mass is 32.2. The minimum absolute atomic E-state index is 0.118. The van der Waals surface area contributed by atoms with Crippen molar-refractivity contribution in [2.24, 2.45) is 0 Å². The highest BCUT2D eigenvalue weighted by molar-refractivity contribution is 7.89. The Morgan fingerprint density at radius 3 is 2.60 bits per heavy atom. The Morgan fingerprint density at radius 2 is 1.93 bits per heavy atom. The first kappa shape index (κ1) is 21.2. The van der Waals surface area contributed by atoms with Crippen molar-refractivity contribution in [2.45, 2.75) is 11.8 Å². The normalized spacial score (nSPS) is 11.3. The third-order valence-corrected chi connectivity index (χ3v) is 5.41. The number of hydrogen-bond acceptors (Lipinski definition) is 6. The zero-order chi connectivity index (χ0) is 21.9. The van der Waals surface area contributed by atoms with E-state index >= 15 is 0 Å². The van der Waals surface area contributed by atoms with Crippen LogP contribution in [0.15, 0.2) is 53.9 Å². The molecule has 0 spiro atoms. The average Bonchev–Trinajstić information content (AvgIpc) is 3.14. The highest BCUT2D eigenvalue weighted by Gasteiger charge is 2.21. The van der Waals surface area contributed by atoms with Crippen LogP contribution >= 0.6 is 0 Å². The van der Waals surface area contributed by atoms with Gasteiger partial charge in [0, 0.05) is 12.1 Å². The molecule has 156 valence electrons. The number of carbonyl (C=O) groups is 1. The van der Waals surface area contributed by atoms with E-state index in [-0.39, 0.29) is 17.8 Å². The van der Waals surface area contributed by atoms with Gasteiger partial charge in [-0.05, 0) is 53.7 Å². The van der Waals surface area contributed by atoms with E-state index in [1.165, 1.54) is 22.9 Å². The number of nitrogens with one attached hydrogen (secondary N) is 2. The summed E-state index contributed by atoms with van der Waals surface area (Å²) in [5, 5.41) is 13.3. The fraction of sp³-hybridized carbons (Fsp3) is 0.111. The van der Waals surface area contributed by atoms with E-state index in [9.17, 15) is 22.0 Å². The van der Waals surface area contributed by atoms with Crippen LogP contribution in [-0.4, -0.2) is 41.1 Å². The van der Waals surface area contributed by atoms with Crippen LogP contribution in [0.3, 0.4) is 0 Å². The molecule has 0 fully saturated rings. The van der Waals surface area contributed by atoms with E-state index in [0.717, 1.165) is 24.3 Å². The minimum atomic E-state index is -4.21. The molecule has 0 unspecified atom stereocenters. The maximum Gasteiger partial charge on any atom is 0.255 e. The number of hydrogen-bond donors (Lipinski definition) is 2. The molecule has 0 radical (unpaired) electrons. The van der Waals surface area contributed by atoms with Crippen molar-refractivity contribution in [1.29, 1.82) is 0 Å². The number of amides is 1. The summed E-state index contributed by atoms with van der Waals surface area (Å²) in [4.78, 5) is 11.8. The summed E-state index contributed by atoms with van der Waals surface area (Å²) in [6.07, 6.45) is 1.29. The van der Waals surface area contributed by atoms with E-state index in [2.05, 4.69) is 32.1 Å². The smallest absolute Gasteiger partial charge is 0.255 e. The van der Waals surface area contributed by atoms with Crippen molar-refractivity contribution in [1.82, 2.24) is 24.9 Å². The molecule has 3 rings (SSSR count). The summed E-state index contributed by atoms with van der Waals surface area (Å²) in [6, 6.07) is 6.64. The van der Waals surface area contributed by atoms with Crippen molar-refractivity contribution in [3.05, 3.63) is 72.1 Å². The Morgan fingerprint density at radius 1 is 1.20 bits per heavy atom. The lowest BCUT2D eigenvalue weighted by atomic mass is 10.2. The van der Waals surface area contributed by atoms with E-state index < -0.39 is 32.5 Å². The van der Waals surface area contributed by atoms with Gasteiger partial charge in [-0.2, -0.15) is 4.68 Å². The van der Waals surface area contributed by atoms with Gasteiger partial charge in [0.25, 0.3) is 5.91 Å². The number of aromatic nitrogens is 4.